The third-order valence-electron chi connectivity index (χ3n) is 5.42. The molecule has 0 aromatic carbocycles. The van der Waals surface area contributed by atoms with Gasteiger partial charge < -0.3 is 8.85 Å². The van der Waals surface area contributed by atoms with Crippen LogP contribution in [0.1, 0.15) is 54.4 Å². The van der Waals surface area contributed by atoms with E-state index in [2.05, 4.69) is 74.3 Å². The molecule has 4 heteroatoms. The summed E-state index contributed by atoms with van der Waals surface area (Å²) in [5, 5.41) is 0.522. The number of rotatable bonds is 8. The summed E-state index contributed by atoms with van der Waals surface area (Å²) in [7, 11) is -3.34. The lowest BCUT2D eigenvalue weighted by Crippen LogP contribution is -2.43. The lowest BCUT2D eigenvalue weighted by molar-refractivity contribution is 0.195. The van der Waals surface area contributed by atoms with E-state index >= 15 is 0 Å². The first kappa shape index (κ1) is 22.1. The molecule has 0 N–H and O–H groups in total. The van der Waals surface area contributed by atoms with Gasteiger partial charge in [0.15, 0.2) is 16.6 Å². The molecule has 0 aliphatic rings. The molecule has 22 heavy (non-hydrogen) atoms. The normalized spacial score (nSPS) is 15.7. The second-order valence-electron chi connectivity index (χ2n) is 9.40. The van der Waals surface area contributed by atoms with Crippen molar-refractivity contribution in [3.63, 3.8) is 0 Å². The molecule has 0 fully saturated rings. The summed E-state index contributed by atoms with van der Waals surface area (Å²) < 4.78 is 12.7. The van der Waals surface area contributed by atoms with Gasteiger partial charge in [-0.05, 0) is 49.1 Å². The first-order valence-electron chi connectivity index (χ1n) is 8.58. The Morgan fingerprint density at radius 2 is 1.36 bits per heavy atom. The molecule has 1 atom stereocenters. The van der Waals surface area contributed by atoms with Crippen molar-refractivity contribution in [2.75, 3.05) is 6.61 Å². The van der Waals surface area contributed by atoms with Crippen LogP contribution >= 0.6 is 0 Å². The van der Waals surface area contributed by atoms with Gasteiger partial charge in [0.2, 0.25) is 0 Å². The van der Waals surface area contributed by atoms with Crippen molar-refractivity contribution >= 4 is 16.6 Å². The molecular formula is C18H40O2Si2. The fraction of sp³-hybridized carbons (Fsp3) is 0.889. The van der Waals surface area contributed by atoms with Crippen molar-refractivity contribution in [2.24, 2.45) is 0 Å². The molecular weight excluding hydrogens is 304 g/mol. The van der Waals surface area contributed by atoms with Crippen LogP contribution in [-0.2, 0) is 8.85 Å². The van der Waals surface area contributed by atoms with E-state index in [0.29, 0.717) is 0 Å². The van der Waals surface area contributed by atoms with Gasteiger partial charge in [-0.2, -0.15) is 0 Å². The van der Waals surface area contributed by atoms with E-state index in [-0.39, 0.29) is 16.2 Å². The highest BCUT2D eigenvalue weighted by Gasteiger charge is 2.39. The maximum Gasteiger partial charge on any atom is 0.192 e. The van der Waals surface area contributed by atoms with Crippen LogP contribution in [0.2, 0.25) is 36.3 Å². The van der Waals surface area contributed by atoms with E-state index in [9.17, 15) is 0 Å². The maximum atomic E-state index is 6.43. The van der Waals surface area contributed by atoms with Crippen LogP contribution in [0.5, 0.6) is 0 Å². The molecule has 2 nitrogen and oxygen atoms in total. The fourth-order valence-electron chi connectivity index (χ4n) is 1.61. The summed E-state index contributed by atoms with van der Waals surface area (Å²) in [5.74, 6) is 0. The predicted octanol–water partition coefficient (Wildman–Crippen LogP) is 6.36. The predicted molar refractivity (Wildman–Crippen MR) is 105 cm³/mol. The molecule has 0 aromatic heterocycles. The average molecular weight is 345 g/mol. The van der Waals surface area contributed by atoms with Crippen LogP contribution in [0.25, 0.3) is 0 Å². The number of hydrogen-bond acceptors (Lipinski definition) is 2. The fourth-order valence-corrected chi connectivity index (χ4v) is 4.02. The Labute approximate surface area is 141 Å². The largest absolute Gasteiger partial charge is 0.417 e. The SMILES string of the molecule is C=CC(CCCO[Si](C)(C)C(C)(C)C)O[Si](C)(C)C(C)(C)C. The second-order valence-corrected chi connectivity index (χ2v) is 19.0. The van der Waals surface area contributed by atoms with Crippen LogP contribution in [0.15, 0.2) is 12.7 Å². The first-order chi connectivity index (χ1) is 9.64. The molecule has 0 radical (unpaired) electrons. The average Bonchev–Trinajstić information content (AvgIpc) is 2.29. The number of hydrogen-bond donors (Lipinski definition) is 0. The van der Waals surface area contributed by atoms with Crippen LogP contribution in [0.3, 0.4) is 0 Å². The van der Waals surface area contributed by atoms with Crippen LogP contribution in [0, 0.1) is 0 Å². The van der Waals surface area contributed by atoms with Crippen molar-refractivity contribution < 1.29 is 8.85 Å². The van der Waals surface area contributed by atoms with Crippen LogP contribution in [0.4, 0.5) is 0 Å². The van der Waals surface area contributed by atoms with Crippen molar-refractivity contribution in [1.29, 1.82) is 0 Å². The van der Waals surface area contributed by atoms with E-state index in [1.807, 2.05) is 6.08 Å². The van der Waals surface area contributed by atoms with Gasteiger partial charge in [0.1, 0.15) is 0 Å². The Bertz CT molecular complexity index is 349. The summed E-state index contributed by atoms with van der Waals surface area (Å²) in [6.07, 6.45) is 4.17. The molecule has 0 aromatic rings. The zero-order valence-corrected chi connectivity index (χ0v) is 18.8. The summed E-state index contributed by atoms with van der Waals surface area (Å²) >= 11 is 0. The quantitative estimate of drug-likeness (QED) is 0.289. The highest BCUT2D eigenvalue weighted by atomic mass is 28.4. The standard InChI is InChI=1S/C18H40O2Si2/c1-12-16(20-22(10,11)18(5,6)7)14-13-15-19-21(8,9)17(2,3)4/h12,16H,1,13-15H2,2-11H3. The van der Waals surface area contributed by atoms with Gasteiger partial charge in [0.25, 0.3) is 0 Å². The van der Waals surface area contributed by atoms with E-state index in [0.717, 1.165) is 19.4 Å². The Balaban J connectivity index is 4.37. The van der Waals surface area contributed by atoms with E-state index in [1.54, 1.807) is 0 Å². The third-order valence-corrected chi connectivity index (χ3v) is 14.5. The molecule has 0 saturated carbocycles. The smallest absolute Gasteiger partial charge is 0.192 e. The lowest BCUT2D eigenvalue weighted by atomic mass is 10.2. The molecule has 0 bridgehead atoms. The zero-order valence-electron chi connectivity index (χ0n) is 16.8. The Kier molecular flexibility index (Phi) is 7.81. The van der Waals surface area contributed by atoms with E-state index in [1.165, 1.54) is 0 Å². The van der Waals surface area contributed by atoms with Crippen molar-refractivity contribution in [2.45, 2.75) is 96.8 Å². The van der Waals surface area contributed by atoms with E-state index < -0.39 is 16.6 Å². The minimum atomic E-state index is -1.72. The second kappa shape index (κ2) is 7.78. The van der Waals surface area contributed by atoms with Gasteiger partial charge in [0, 0.05) is 6.61 Å². The molecule has 0 spiro atoms. The monoisotopic (exact) mass is 344 g/mol. The molecule has 132 valence electrons. The minimum absolute atomic E-state index is 0.156. The highest BCUT2D eigenvalue weighted by Crippen LogP contribution is 2.38. The Morgan fingerprint density at radius 3 is 1.73 bits per heavy atom. The van der Waals surface area contributed by atoms with Gasteiger partial charge in [0.05, 0.1) is 6.10 Å². The van der Waals surface area contributed by atoms with Gasteiger partial charge in [-0.25, -0.2) is 0 Å². The Morgan fingerprint density at radius 1 is 0.909 bits per heavy atom. The van der Waals surface area contributed by atoms with Gasteiger partial charge in [-0.15, -0.1) is 6.58 Å². The summed E-state index contributed by atoms with van der Waals surface area (Å²) in [6.45, 7) is 27.7. The van der Waals surface area contributed by atoms with Crippen LogP contribution < -0.4 is 0 Å². The Hall–Kier alpha value is 0.0938. The van der Waals surface area contributed by atoms with Crippen molar-refractivity contribution in [3.8, 4) is 0 Å². The molecule has 0 aliphatic carbocycles. The van der Waals surface area contributed by atoms with E-state index in [4.69, 9.17) is 8.85 Å². The van der Waals surface area contributed by atoms with Gasteiger partial charge in [-0.1, -0.05) is 47.6 Å². The first-order valence-corrected chi connectivity index (χ1v) is 14.4. The van der Waals surface area contributed by atoms with Gasteiger partial charge in [-0.3, -0.25) is 0 Å². The minimum Gasteiger partial charge on any atom is -0.417 e. The van der Waals surface area contributed by atoms with Crippen molar-refractivity contribution in [3.05, 3.63) is 12.7 Å². The maximum absolute atomic E-state index is 6.43. The van der Waals surface area contributed by atoms with Crippen LogP contribution in [-0.4, -0.2) is 29.3 Å². The molecule has 0 heterocycles. The van der Waals surface area contributed by atoms with Crippen molar-refractivity contribution in [1.82, 2.24) is 0 Å². The zero-order chi connectivity index (χ0) is 17.8. The lowest BCUT2D eigenvalue weighted by Gasteiger charge is -2.39. The molecule has 0 saturated heterocycles. The molecule has 0 rings (SSSR count). The molecule has 0 amide bonds. The summed E-state index contributed by atoms with van der Waals surface area (Å²) in [5.41, 5.74) is 0. The summed E-state index contributed by atoms with van der Waals surface area (Å²) in [6, 6.07) is 0. The highest BCUT2D eigenvalue weighted by molar-refractivity contribution is 6.74. The molecule has 1 unspecified atom stereocenters. The topological polar surface area (TPSA) is 18.5 Å². The molecule has 0 aliphatic heterocycles. The van der Waals surface area contributed by atoms with Gasteiger partial charge >= 0.3 is 0 Å². The summed E-state index contributed by atoms with van der Waals surface area (Å²) in [4.78, 5) is 0. The third kappa shape index (κ3) is 6.69.